The van der Waals surface area contributed by atoms with Gasteiger partial charge in [-0.3, -0.25) is 0 Å². The van der Waals surface area contributed by atoms with Crippen LogP contribution in [-0.4, -0.2) is 15.0 Å². The summed E-state index contributed by atoms with van der Waals surface area (Å²) in [5.74, 6) is 0. The topological polar surface area (TPSA) is 38.7 Å². The summed E-state index contributed by atoms with van der Waals surface area (Å²) in [6, 6.07) is 62.0. The summed E-state index contributed by atoms with van der Waals surface area (Å²) >= 11 is 0. The van der Waals surface area contributed by atoms with Crippen molar-refractivity contribution in [2.75, 3.05) is 0 Å². The fourth-order valence-corrected chi connectivity index (χ4v) is 7.40. The standard InChI is InChI=1S/C47H29N3/c1-2-11-32(12-3-1)41-28-26-34-24-25-35-27-29-42(49-46(35)45(34)48-41)33-22-20-31(21-23-33)37-16-9-18-40-44(37)39-15-6-7-19-43(39)50-47(40)38-17-8-13-30-10-4-5-14-36(30)38/h1-29H. The van der Waals surface area contributed by atoms with Crippen LogP contribution in [0.1, 0.15) is 0 Å². The van der Waals surface area contributed by atoms with Crippen LogP contribution in [0.3, 0.4) is 0 Å². The van der Waals surface area contributed by atoms with E-state index in [-0.39, 0.29) is 0 Å². The minimum absolute atomic E-state index is 0.913. The van der Waals surface area contributed by atoms with Crippen LogP contribution in [0.2, 0.25) is 0 Å². The number of hydrogen-bond acceptors (Lipinski definition) is 3. The lowest BCUT2D eigenvalue weighted by Crippen LogP contribution is -1.93. The molecule has 0 N–H and O–H groups in total. The van der Waals surface area contributed by atoms with Crippen LogP contribution in [0.15, 0.2) is 176 Å². The SMILES string of the molecule is c1ccc(-c2ccc3ccc4ccc(-c5ccc(-c6cccc7c(-c8cccc9ccccc89)nc8ccccc8c67)cc5)nc4c3n2)cc1. The zero-order chi connectivity index (χ0) is 33.0. The molecule has 10 aromatic rings. The van der Waals surface area contributed by atoms with E-state index >= 15 is 0 Å². The number of nitrogens with zero attached hydrogens (tertiary/aromatic N) is 3. The van der Waals surface area contributed by atoms with E-state index in [1.165, 1.54) is 21.7 Å². The van der Waals surface area contributed by atoms with Crippen LogP contribution in [0.25, 0.3) is 99.2 Å². The Morgan fingerprint density at radius 1 is 0.300 bits per heavy atom. The van der Waals surface area contributed by atoms with E-state index in [0.29, 0.717) is 0 Å². The first-order valence-corrected chi connectivity index (χ1v) is 16.9. The molecule has 0 saturated heterocycles. The highest BCUT2D eigenvalue weighted by molar-refractivity contribution is 6.18. The lowest BCUT2D eigenvalue weighted by atomic mass is 9.91. The highest BCUT2D eigenvalue weighted by Gasteiger charge is 2.16. The average molecular weight is 636 g/mol. The van der Waals surface area contributed by atoms with E-state index in [2.05, 4.69) is 158 Å². The van der Waals surface area contributed by atoms with Gasteiger partial charge in [0.1, 0.15) is 0 Å². The molecule has 0 amide bonds. The molecule has 0 bridgehead atoms. The van der Waals surface area contributed by atoms with Gasteiger partial charge in [-0.2, -0.15) is 0 Å². The van der Waals surface area contributed by atoms with E-state index in [1.807, 2.05) is 18.2 Å². The molecule has 3 heterocycles. The molecular weight excluding hydrogens is 607 g/mol. The van der Waals surface area contributed by atoms with Crippen LogP contribution >= 0.6 is 0 Å². The van der Waals surface area contributed by atoms with Crippen molar-refractivity contribution < 1.29 is 0 Å². The summed E-state index contributed by atoms with van der Waals surface area (Å²) in [6.45, 7) is 0. The lowest BCUT2D eigenvalue weighted by Gasteiger charge is -2.15. The first-order chi connectivity index (χ1) is 24.8. The lowest BCUT2D eigenvalue weighted by molar-refractivity contribution is 1.36. The summed E-state index contributed by atoms with van der Waals surface area (Å²) in [4.78, 5) is 15.6. The number of para-hydroxylation sites is 1. The van der Waals surface area contributed by atoms with Gasteiger partial charge in [0, 0.05) is 43.6 Å². The van der Waals surface area contributed by atoms with Crippen molar-refractivity contribution in [3.8, 4) is 44.9 Å². The van der Waals surface area contributed by atoms with Gasteiger partial charge in [-0.05, 0) is 40.1 Å². The van der Waals surface area contributed by atoms with Crippen molar-refractivity contribution in [3.63, 3.8) is 0 Å². The van der Waals surface area contributed by atoms with Crippen LogP contribution in [-0.2, 0) is 0 Å². The first-order valence-electron chi connectivity index (χ1n) is 16.9. The van der Waals surface area contributed by atoms with Crippen LogP contribution < -0.4 is 0 Å². The minimum Gasteiger partial charge on any atom is -0.247 e. The number of hydrogen-bond donors (Lipinski definition) is 0. The number of rotatable bonds is 4. The van der Waals surface area contributed by atoms with Crippen LogP contribution in [0.4, 0.5) is 0 Å². The molecule has 7 aromatic carbocycles. The van der Waals surface area contributed by atoms with Gasteiger partial charge in [-0.25, -0.2) is 15.0 Å². The van der Waals surface area contributed by atoms with Gasteiger partial charge in [0.25, 0.3) is 0 Å². The molecule has 3 heteroatoms. The van der Waals surface area contributed by atoms with E-state index in [0.717, 1.165) is 77.4 Å². The molecule has 3 nitrogen and oxygen atoms in total. The second-order valence-electron chi connectivity index (χ2n) is 12.8. The van der Waals surface area contributed by atoms with Gasteiger partial charge in [0.05, 0.1) is 33.6 Å². The maximum atomic E-state index is 5.27. The number of pyridine rings is 3. The van der Waals surface area contributed by atoms with Crippen molar-refractivity contribution >= 4 is 54.3 Å². The van der Waals surface area contributed by atoms with Crippen molar-refractivity contribution in [3.05, 3.63) is 176 Å². The smallest absolute Gasteiger partial charge is 0.0972 e. The Hall–Kier alpha value is -6.71. The van der Waals surface area contributed by atoms with Crippen molar-refractivity contribution in [2.45, 2.75) is 0 Å². The molecule has 3 aromatic heterocycles. The van der Waals surface area contributed by atoms with Crippen molar-refractivity contribution in [1.82, 2.24) is 15.0 Å². The summed E-state index contributed by atoms with van der Waals surface area (Å²) < 4.78 is 0. The van der Waals surface area contributed by atoms with Crippen molar-refractivity contribution in [1.29, 1.82) is 0 Å². The molecular formula is C47H29N3. The molecule has 50 heavy (non-hydrogen) atoms. The summed E-state index contributed by atoms with van der Waals surface area (Å²) in [7, 11) is 0. The highest BCUT2D eigenvalue weighted by Crippen LogP contribution is 2.40. The number of fused-ring (bicyclic) bond motifs is 7. The summed E-state index contributed by atoms with van der Waals surface area (Å²) in [5, 5.41) is 8.08. The van der Waals surface area contributed by atoms with E-state index in [4.69, 9.17) is 15.0 Å². The van der Waals surface area contributed by atoms with Crippen LogP contribution in [0, 0.1) is 0 Å². The van der Waals surface area contributed by atoms with Gasteiger partial charge >= 0.3 is 0 Å². The molecule has 0 radical (unpaired) electrons. The predicted octanol–water partition coefficient (Wildman–Crippen LogP) is 12.3. The summed E-state index contributed by atoms with van der Waals surface area (Å²) in [6.07, 6.45) is 0. The number of aromatic nitrogens is 3. The van der Waals surface area contributed by atoms with E-state index in [9.17, 15) is 0 Å². The maximum absolute atomic E-state index is 5.27. The molecule has 10 rings (SSSR count). The zero-order valence-corrected chi connectivity index (χ0v) is 27.1. The molecule has 0 fully saturated rings. The fraction of sp³-hybridized carbons (Fsp3) is 0. The average Bonchev–Trinajstić information content (AvgIpc) is 3.20. The second-order valence-corrected chi connectivity index (χ2v) is 12.8. The molecule has 0 aliphatic heterocycles. The summed E-state index contributed by atoms with van der Waals surface area (Å²) in [5.41, 5.74) is 11.3. The first kappa shape index (κ1) is 28.3. The van der Waals surface area contributed by atoms with Gasteiger partial charge in [0.2, 0.25) is 0 Å². The van der Waals surface area contributed by atoms with Gasteiger partial charge in [-0.1, -0.05) is 158 Å². The molecule has 0 atom stereocenters. The quantitative estimate of drug-likeness (QED) is 0.181. The Morgan fingerprint density at radius 3 is 1.60 bits per heavy atom. The Bertz CT molecular complexity index is 2910. The van der Waals surface area contributed by atoms with Gasteiger partial charge < -0.3 is 0 Å². The normalized spacial score (nSPS) is 11.6. The van der Waals surface area contributed by atoms with Gasteiger partial charge in [-0.15, -0.1) is 0 Å². The third-order valence-electron chi connectivity index (χ3n) is 9.85. The second kappa shape index (κ2) is 11.5. The monoisotopic (exact) mass is 635 g/mol. The molecule has 0 aliphatic carbocycles. The molecule has 0 unspecified atom stereocenters. The Kier molecular flexibility index (Phi) is 6.49. The minimum atomic E-state index is 0.913. The van der Waals surface area contributed by atoms with E-state index < -0.39 is 0 Å². The largest absolute Gasteiger partial charge is 0.247 e. The highest BCUT2D eigenvalue weighted by atomic mass is 14.8. The van der Waals surface area contributed by atoms with Crippen molar-refractivity contribution in [2.24, 2.45) is 0 Å². The van der Waals surface area contributed by atoms with E-state index in [1.54, 1.807) is 0 Å². The Labute approximate surface area is 289 Å². The molecule has 0 aliphatic rings. The Balaban J connectivity index is 1.11. The van der Waals surface area contributed by atoms with Gasteiger partial charge in [0.15, 0.2) is 0 Å². The van der Waals surface area contributed by atoms with Crippen LogP contribution in [0.5, 0.6) is 0 Å². The number of benzene rings is 7. The molecule has 0 saturated carbocycles. The molecule has 232 valence electrons. The third-order valence-corrected chi connectivity index (χ3v) is 9.85. The predicted molar refractivity (Wildman–Crippen MR) is 209 cm³/mol. The zero-order valence-electron chi connectivity index (χ0n) is 27.1. The third kappa shape index (κ3) is 4.63. The fourth-order valence-electron chi connectivity index (χ4n) is 7.40. The maximum Gasteiger partial charge on any atom is 0.0972 e. The Morgan fingerprint density at radius 2 is 0.840 bits per heavy atom. The molecule has 0 spiro atoms.